The SMILES string of the molecule is Cc1cc(C)c(S(=O)(=O)NC(C)c2ccc(C)o2)c(C)c1. The smallest absolute Gasteiger partial charge is 0.241 e. The third-order valence-corrected chi connectivity index (χ3v) is 5.24. The van der Waals surface area contributed by atoms with Crippen molar-refractivity contribution in [1.29, 1.82) is 0 Å². The van der Waals surface area contributed by atoms with Gasteiger partial charge in [-0.3, -0.25) is 0 Å². The molecule has 21 heavy (non-hydrogen) atoms. The highest BCUT2D eigenvalue weighted by molar-refractivity contribution is 7.89. The molecule has 0 fully saturated rings. The van der Waals surface area contributed by atoms with Crippen LogP contribution in [-0.2, 0) is 10.0 Å². The first-order valence-electron chi connectivity index (χ1n) is 6.87. The van der Waals surface area contributed by atoms with Crippen molar-refractivity contribution in [2.75, 3.05) is 0 Å². The molecule has 1 N–H and O–H groups in total. The van der Waals surface area contributed by atoms with Crippen LogP contribution < -0.4 is 4.72 Å². The lowest BCUT2D eigenvalue weighted by Crippen LogP contribution is -2.28. The van der Waals surface area contributed by atoms with Gasteiger partial charge in [0.1, 0.15) is 11.5 Å². The van der Waals surface area contributed by atoms with Gasteiger partial charge in [-0.1, -0.05) is 17.7 Å². The number of sulfonamides is 1. The van der Waals surface area contributed by atoms with E-state index in [1.54, 1.807) is 13.0 Å². The minimum Gasteiger partial charge on any atom is -0.465 e. The fourth-order valence-corrected chi connectivity index (χ4v) is 4.29. The molecule has 1 aromatic heterocycles. The van der Waals surface area contributed by atoms with Gasteiger partial charge >= 0.3 is 0 Å². The van der Waals surface area contributed by atoms with Crippen molar-refractivity contribution in [2.45, 2.75) is 45.6 Å². The van der Waals surface area contributed by atoms with E-state index in [4.69, 9.17) is 4.42 Å². The Bertz CT molecular complexity index is 737. The number of hydrogen-bond donors (Lipinski definition) is 1. The van der Waals surface area contributed by atoms with Crippen LogP contribution in [0.15, 0.2) is 33.6 Å². The number of furan rings is 1. The molecule has 0 amide bonds. The molecule has 0 aliphatic heterocycles. The molecule has 0 aliphatic rings. The van der Waals surface area contributed by atoms with Crippen LogP contribution in [0.4, 0.5) is 0 Å². The van der Waals surface area contributed by atoms with Crippen molar-refractivity contribution in [2.24, 2.45) is 0 Å². The number of nitrogens with one attached hydrogen (secondary N) is 1. The molecule has 0 saturated heterocycles. The molecule has 2 rings (SSSR count). The van der Waals surface area contributed by atoms with Crippen LogP contribution >= 0.6 is 0 Å². The topological polar surface area (TPSA) is 59.3 Å². The van der Waals surface area contributed by atoms with Crippen molar-refractivity contribution in [3.8, 4) is 0 Å². The van der Waals surface area contributed by atoms with Gasteiger partial charge in [0.2, 0.25) is 10.0 Å². The quantitative estimate of drug-likeness (QED) is 0.939. The zero-order chi connectivity index (χ0) is 15.8. The maximum atomic E-state index is 12.6. The summed E-state index contributed by atoms with van der Waals surface area (Å²) in [6.07, 6.45) is 0. The maximum Gasteiger partial charge on any atom is 0.241 e. The summed E-state index contributed by atoms with van der Waals surface area (Å²) < 4.78 is 33.4. The van der Waals surface area contributed by atoms with Gasteiger partial charge < -0.3 is 4.42 Å². The van der Waals surface area contributed by atoms with Crippen LogP contribution in [0.3, 0.4) is 0 Å². The standard InChI is InChI=1S/C16H21NO3S/c1-10-8-11(2)16(12(3)9-10)21(18,19)17-14(5)15-7-6-13(4)20-15/h6-9,14,17H,1-5H3. The lowest BCUT2D eigenvalue weighted by Gasteiger charge is -2.16. The Hall–Kier alpha value is -1.59. The van der Waals surface area contributed by atoms with Gasteiger partial charge in [0.05, 0.1) is 10.9 Å². The molecule has 1 atom stereocenters. The van der Waals surface area contributed by atoms with Crippen LogP contribution in [0.2, 0.25) is 0 Å². The first kappa shape index (κ1) is 15.8. The molecule has 0 spiro atoms. The normalized spacial score (nSPS) is 13.4. The summed E-state index contributed by atoms with van der Waals surface area (Å²) in [6.45, 7) is 9.19. The Morgan fingerprint density at radius 2 is 1.62 bits per heavy atom. The molecule has 1 heterocycles. The molecule has 2 aromatic rings. The molecular weight excluding hydrogens is 286 g/mol. The van der Waals surface area contributed by atoms with Gasteiger partial charge in [0, 0.05) is 0 Å². The average molecular weight is 307 g/mol. The van der Waals surface area contributed by atoms with Crippen LogP contribution in [0, 0.1) is 27.7 Å². The van der Waals surface area contributed by atoms with Gasteiger partial charge in [-0.15, -0.1) is 0 Å². The molecule has 0 aliphatic carbocycles. The average Bonchev–Trinajstić information content (AvgIpc) is 2.73. The van der Waals surface area contributed by atoms with E-state index in [1.165, 1.54) is 0 Å². The number of benzene rings is 1. The van der Waals surface area contributed by atoms with E-state index >= 15 is 0 Å². The van der Waals surface area contributed by atoms with Gasteiger partial charge in [-0.25, -0.2) is 13.1 Å². The third kappa shape index (κ3) is 3.36. The van der Waals surface area contributed by atoms with Crippen molar-refractivity contribution in [3.63, 3.8) is 0 Å². The molecule has 0 bridgehead atoms. The van der Waals surface area contributed by atoms with Crippen LogP contribution in [0.1, 0.15) is 41.2 Å². The summed E-state index contributed by atoms with van der Waals surface area (Å²) in [7, 11) is -3.59. The van der Waals surface area contributed by atoms with E-state index in [2.05, 4.69) is 4.72 Å². The summed E-state index contributed by atoms with van der Waals surface area (Å²) in [4.78, 5) is 0.350. The van der Waals surface area contributed by atoms with E-state index in [0.29, 0.717) is 10.7 Å². The Kier molecular flexibility index (Phi) is 4.25. The summed E-state index contributed by atoms with van der Waals surface area (Å²) in [5, 5.41) is 0. The Balaban J connectivity index is 2.35. The summed E-state index contributed by atoms with van der Waals surface area (Å²) in [6, 6.07) is 6.95. The predicted octanol–water partition coefficient (Wildman–Crippen LogP) is 3.55. The van der Waals surface area contributed by atoms with Crippen LogP contribution in [-0.4, -0.2) is 8.42 Å². The van der Waals surface area contributed by atoms with E-state index in [1.807, 2.05) is 45.9 Å². The molecule has 4 nitrogen and oxygen atoms in total. The molecule has 114 valence electrons. The van der Waals surface area contributed by atoms with E-state index in [-0.39, 0.29) is 0 Å². The third-order valence-electron chi connectivity index (χ3n) is 3.39. The molecule has 1 aromatic carbocycles. The highest BCUT2D eigenvalue weighted by atomic mass is 32.2. The Labute approximate surface area is 126 Å². The zero-order valence-electron chi connectivity index (χ0n) is 13.0. The van der Waals surface area contributed by atoms with Crippen molar-refractivity contribution in [3.05, 3.63) is 52.5 Å². The Morgan fingerprint density at radius 3 is 2.10 bits per heavy atom. The lowest BCUT2D eigenvalue weighted by molar-refractivity contribution is 0.441. The van der Waals surface area contributed by atoms with E-state index < -0.39 is 16.1 Å². The Morgan fingerprint density at radius 1 is 1.05 bits per heavy atom. The summed E-state index contributed by atoms with van der Waals surface area (Å²) >= 11 is 0. The highest BCUT2D eigenvalue weighted by Gasteiger charge is 2.23. The molecule has 1 unspecified atom stereocenters. The first-order chi connectivity index (χ1) is 9.70. The zero-order valence-corrected chi connectivity index (χ0v) is 13.8. The molecule has 5 heteroatoms. The van der Waals surface area contributed by atoms with E-state index in [9.17, 15) is 8.42 Å². The van der Waals surface area contributed by atoms with Crippen molar-refractivity contribution >= 4 is 10.0 Å². The van der Waals surface area contributed by atoms with Crippen molar-refractivity contribution in [1.82, 2.24) is 4.72 Å². The fraction of sp³-hybridized carbons (Fsp3) is 0.375. The monoisotopic (exact) mass is 307 g/mol. The van der Waals surface area contributed by atoms with E-state index in [0.717, 1.165) is 22.5 Å². The predicted molar refractivity (Wildman–Crippen MR) is 82.8 cm³/mol. The number of rotatable bonds is 4. The summed E-state index contributed by atoms with van der Waals surface area (Å²) in [5.74, 6) is 1.37. The fourth-order valence-electron chi connectivity index (χ4n) is 2.63. The van der Waals surface area contributed by atoms with Crippen LogP contribution in [0.25, 0.3) is 0 Å². The maximum absolute atomic E-state index is 12.6. The summed E-state index contributed by atoms with van der Waals surface area (Å²) in [5.41, 5.74) is 2.56. The second kappa shape index (κ2) is 5.66. The van der Waals surface area contributed by atoms with Gasteiger partial charge in [-0.05, 0) is 57.9 Å². The van der Waals surface area contributed by atoms with Gasteiger partial charge in [-0.2, -0.15) is 0 Å². The van der Waals surface area contributed by atoms with Crippen LogP contribution in [0.5, 0.6) is 0 Å². The lowest BCUT2D eigenvalue weighted by atomic mass is 10.1. The number of hydrogen-bond acceptors (Lipinski definition) is 3. The second-order valence-electron chi connectivity index (χ2n) is 5.52. The molecular formula is C16H21NO3S. The molecule has 0 saturated carbocycles. The van der Waals surface area contributed by atoms with Gasteiger partial charge in [0.15, 0.2) is 0 Å². The number of aryl methyl sites for hydroxylation is 4. The minimum atomic E-state index is -3.59. The van der Waals surface area contributed by atoms with Gasteiger partial charge in [0.25, 0.3) is 0 Å². The second-order valence-corrected chi connectivity index (χ2v) is 7.17. The minimum absolute atomic E-state index is 0.350. The van der Waals surface area contributed by atoms with Crippen molar-refractivity contribution < 1.29 is 12.8 Å². The highest BCUT2D eigenvalue weighted by Crippen LogP contribution is 2.24. The largest absolute Gasteiger partial charge is 0.465 e. The first-order valence-corrected chi connectivity index (χ1v) is 8.35. The molecule has 0 radical (unpaired) electrons.